The highest BCUT2D eigenvalue weighted by molar-refractivity contribution is 5.87. The van der Waals surface area contributed by atoms with Gasteiger partial charge in [0.1, 0.15) is 5.82 Å². The van der Waals surface area contributed by atoms with Gasteiger partial charge in [0.05, 0.1) is 30.3 Å². The van der Waals surface area contributed by atoms with Gasteiger partial charge >= 0.3 is 0 Å². The van der Waals surface area contributed by atoms with Crippen molar-refractivity contribution in [2.45, 2.75) is 32.2 Å². The molecule has 5 N–H and O–H groups in total. The van der Waals surface area contributed by atoms with Crippen LogP contribution in [-0.4, -0.2) is 55.7 Å². The maximum atomic E-state index is 9.57. The Labute approximate surface area is 123 Å². The highest BCUT2D eigenvalue weighted by Crippen LogP contribution is 2.24. The van der Waals surface area contributed by atoms with Crippen LogP contribution in [0.2, 0.25) is 0 Å². The number of aromatic amines is 1. The van der Waals surface area contributed by atoms with Gasteiger partial charge < -0.3 is 20.8 Å². The second-order valence-electron chi connectivity index (χ2n) is 5.03. The molecule has 8 heteroatoms. The zero-order chi connectivity index (χ0) is 15.3. The van der Waals surface area contributed by atoms with E-state index in [4.69, 9.17) is 0 Å². The Kier molecular flexibility index (Phi) is 4.92. The minimum atomic E-state index is -0.819. The lowest BCUT2D eigenvalue weighted by molar-refractivity contribution is 0.132. The first-order valence-corrected chi connectivity index (χ1v) is 7.13. The number of aromatic nitrogens is 4. The summed E-state index contributed by atoms with van der Waals surface area (Å²) in [5.41, 5.74) is -0.215. The van der Waals surface area contributed by atoms with Crippen molar-refractivity contribution in [1.29, 1.82) is 0 Å². The molecule has 2 rings (SSSR count). The molecule has 2 aromatic heterocycles. The standard InChI is InChI=1S/C13H22N6O2/c1-3-5-14-12-16-10(9-6-15-19-11(9)17-12)18-13(4-2,7-20)8-21/h6,20-21H,3-5,7-8H2,1-2H3,(H3,14,15,16,17,18,19). The molecule has 0 amide bonds. The summed E-state index contributed by atoms with van der Waals surface area (Å²) in [4.78, 5) is 8.76. The summed E-state index contributed by atoms with van der Waals surface area (Å²) >= 11 is 0. The van der Waals surface area contributed by atoms with Gasteiger partial charge in [0.15, 0.2) is 5.65 Å². The summed E-state index contributed by atoms with van der Waals surface area (Å²) in [6.07, 6.45) is 3.14. The summed E-state index contributed by atoms with van der Waals surface area (Å²) in [5.74, 6) is 1.02. The summed E-state index contributed by atoms with van der Waals surface area (Å²) in [6, 6.07) is 0. The molecule has 0 bridgehead atoms. The van der Waals surface area contributed by atoms with Gasteiger partial charge in [0.25, 0.3) is 0 Å². The molecule has 2 aromatic rings. The van der Waals surface area contributed by atoms with Crippen LogP contribution in [0.5, 0.6) is 0 Å². The van der Waals surface area contributed by atoms with Crippen LogP contribution in [0, 0.1) is 0 Å². The van der Waals surface area contributed by atoms with Gasteiger partial charge in [-0.05, 0) is 12.8 Å². The van der Waals surface area contributed by atoms with Crippen molar-refractivity contribution < 1.29 is 10.2 Å². The van der Waals surface area contributed by atoms with Gasteiger partial charge in [-0.2, -0.15) is 15.1 Å². The highest BCUT2D eigenvalue weighted by atomic mass is 16.3. The third-order valence-corrected chi connectivity index (χ3v) is 3.51. The highest BCUT2D eigenvalue weighted by Gasteiger charge is 2.28. The molecule has 0 unspecified atom stereocenters. The van der Waals surface area contributed by atoms with Gasteiger partial charge in [0.2, 0.25) is 5.95 Å². The molecular weight excluding hydrogens is 272 g/mol. The Hall–Kier alpha value is -1.93. The van der Waals surface area contributed by atoms with Crippen LogP contribution >= 0.6 is 0 Å². The van der Waals surface area contributed by atoms with Crippen molar-refractivity contribution in [1.82, 2.24) is 20.2 Å². The van der Waals surface area contributed by atoms with Crippen molar-refractivity contribution in [3.05, 3.63) is 6.20 Å². The van der Waals surface area contributed by atoms with Crippen molar-refractivity contribution >= 4 is 22.8 Å². The van der Waals surface area contributed by atoms with Crippen molar-refractivity contribution in [3.63, 3.8) is 0 Å². The van der Waals surface area contributed by atoms with E-state index in [1.54, 1.807) is 6.20 Å². The minimum Gasteiger partial charge on any atom is -0.394 e. The van der Waals surface area contributed by atoms with Gasteiger partial charge in [0, 0.05) is 6.54 Å². The second-order valence-corrected chi connectivity index (χ2v) is 5.03. The third kappa shape index (κ3) is 3.22. The number of nitrogens with zero attached hydrogens (tertiary/aromatic N) is 3. The van der Waals surface area contributed by atoms with Crippen LogP contribution < -0.4 is 10.6 Å². The van der Waals surface area contributed by atoms with E-state index in [2.05, 4.69) is 37.7 Å². The molecule has 8 nitrogen and oxygen atoms in total. The van der Waals surface area contributed by atoms with Crippen LogP contribution in [0.3, 0.4) is 0 Å². The number of aliphatic hydroxyl groups excluding tert-OH is 2. The molecule has 0 radical (unpaired) electrons. The smallest absolute Gasteiger partial charge is 0.226 e. The fraction of sp³-hybridized carbons (Fsp3) is 0.615. The Morgan fingerprint density at radius 1 is 1.24 bits per heavy atom. The molecule has 0 atom stereocenters. The van der Waals surface area contributed by atoms with Crippen LogP contribution in [0.4, 0.5) is 11.8 Å². The number of hydrogen-bond donors (Lipinski definition) is 5. The predicted molar refractivity (Wildman–Crippen MR) is 81.3 cm³/mol. The summed E-state index contributed by atoms with van der Waals surface area (Å²) in [7, 11) is 0. The predicted octanol–water partition coefficient (Wildman–Crippen LogP) is 0.720. The van der Waals surface area contributed by atoms with Crippen LogP contribution in [0.15, 0.2) is 6.20 Å². The molecule has 0 saturated heterocycles. The Morgan fingerprint density at radius 2 is 2.00 bits per heavy atom. The van der Waals surface area contributed by atoms with E-state index in [9.17, 15) is 10.2 Å². The van der Waals surface area contributed by atoms with E-state index in [-0.39, 0.29) is 13.2 Å². The van der Waals surface area contributed by atoms with Crippen LogP contribution in [0.25, 0.3) is 11.0 Å². The van der Waals surface area contributed by atoms with Crippen molar-refractivity contribution in [2.75, 3.05) is 30.4 Å². The number of H-pyrrole nitrogens is 1. The number of rotatable bonds is 8. The average molecular weight is 294 g/mol. The molecule has 0 aliphatic rings. The fourth-order valence-corrected chi connectivity index (χ4v) is 1.94. The van der Waals surface area contributed by atoms with Gasteiger partial charge in [-0.25, -0.2) is 0 Å². The largest absolute Gasteiger partial charge is 0.394 e. The Morgan fingerprint density at radius 3 is 2.62 bits per heavy atom. The topological polar surface area (TPSA) is 119 Å². The minimum absolute atomic E-state index is 0.193. The number of fused-ring (bicyclic) bond motifs is 1. The van der Waals surface area contributed by atoms with Crippen LogP contribution in [-0.2, 0) is 0 Å². The number of nitrogens with one attached hydrogen (secondary N) is 3. The molecule has 0 aliphatic carbocycles. The molecular formula is C13H22N6O2. The Balaban J connectivity index is 2.38. The van der Waals surface area contributed by atoms with E-state index in [1.807, 2.05) is 6.92 Å². The number of hydrogen-bond acceptors (Lipinski definition) is 7. The molecule has 0 saturated carbocycles. The lowest BCUT2D eigenvalue weighted by Gasteiger charge is -2.30. The first kappa shape index (κ1) is 15.5. The molecule has 0 aromatic carbocycles. The van der Waals surface area contributed by atoms with E-state index >= 15 is 0 Å². The van der Waals surface area contributed by atoms with E-state index < -0.39 is 5.54 Å². The van der Waals surface area contributed by atoms with E-state index in [0.717, 1.165) is 18.4 Å². The maximum absolute atomic E-state index is 9.57. The van der Waals surface area contributed by atoms with Gasteiger partial charge in [-0.1, -0.05) is 13.8 Å². The Bertz CT molecular complexity index is 573. The zero-order valence-electron chi connectivity index (χ0n) is 12.3. The maximum Gasteiger partial charge on any atom is 0.226 e. The molecule has 0 spiro atoms. The second kappa shape index (κ2) is 6.68. The lowest BCUT2D eigenvalue weighted by atomic mass is 9.98. The average Bonchev–Trinajstić information content (AvgIpc) is 2.99. The van der Waals surface area contributed by atoms with Gasteiger partial charge in [-0.3, -0.25) is 5.10 Å². The fourth-order valence-electron chi connectivity index (χ4n) is 1.94. The third-order valence-electron chi connectivity index (χ3n) is 3.51. The summed E-state index contributed by atoms with van der Waals surface area (Å²) in [6.45, 7) is 4.32. The SMILES string of the molecule is CCCNc1nc(NC(CC)(CO)CO)c2cn[nH]c2n1. The number of aliphatic hydroxyl groups is 2. The summed E-state index contributed by atoms with van der Waals surface area (Å²) < 4.78 is 0. The molecule has 116 valence electrons. The first-order chi connectivity index (χ1) is 10.2. The quantitative estimate of drug-likeness (QED) is 0.486. The van der Waals surface area contributed by atoms with Crippen LogP contribution in [0.1, 0.15) is 26.7 Å². The zero-order valence-corrected chi connectivity index (χ0v) is 12.3. The van der Waals surface area contributed by atoms with Gasteiger partial charge in [-0.15, -0.1) is 0 Å². The molecule has 21 heavy (non-hydrogen) atoms. The first-order valence-electron chi connectivity index (χ1n) is 7.13. The summed E-state index contributed by atoms with van der Waals surface area (Å²) in [5, 5.41) is 32.9. The molecule has 2 heterocycles. The van der Waals surface area contributed by atoms with Crippen molar-refractivity contribution in [2.24, 2.45) is 0 Å². The lowest BCUT2D eigenvalue weighted by Crippen LogP contribution is -2.45. The van der Waals surface area contributed by atoms with Crippen molar-refractivity contribution in [3.8, 4) is 0 Å². The number of anilines is 2. The molecule has 0 fully saturated rings. The monoisotopic (exact) mass is 294 g/mol. The normalized spacial score (nSPS) is 11.8. The van der Waals surface area contributed by atoms with E-state index in [0.29, 0.717) is 23.8 Å². The molecule has 0 aliphatic heterocycles. The van der Waals surface area contributed by atoms with E-state index in [1.165, 1.54) is 0 Å².